The number of alkyl halides is 2. The Balaban J connectivity index is 1.96. The molecule has 0 spiro atoms. The number of ether oxygens (including phenoxy) is 2. The average Bonchev–Trinajstić information content (AvgIpc) is 2.39. The minimum absolute atomic E-state index is 0.146. The molecular formula is C18H28Br2O2Si. The molecule has 0 saturated carbocycles. The van der Waals surface area contributed by atoms with Crippen LogP contribution in [0.2, 0.25) is 19.6 Å². The largest absolute Gasteiger partial charge is 0.371 e. The van der Waals surface area contributed by atoms with Crippen molar-refractivity contribution in [3.8, 4) is 11.5 Å². The van der Waals surface area contributed by atoms with Crippen molar-refractivity contribution in [2.24, 2.45) is 0 Å². The van der Waals surface area contributed by atoms with Crippen LogP contribution in [0.5, 0.6) is 0 Å². The second-order valence-corrected chi connectivity index (χ2v) is 14.6. The molecule has 2 bridgehead atoms. The van der Waals surface area contributed by atoms with E-state index in [2.05, 4.69) is 76.0 Å². The van der Waals surface area contributed by atoms with Crippen molar-refractivity contribution >= 4 is 39.9 Å². The summed E-state index contributed by atoms with van der Waals surface area (Å²) >= 11 is 7.55. The van der Waals surface area contributed by atoms with Gasteiger partial charge in [0.05, 0.1) is 24.4 Å². The van der Waals surface area contributed by atoms with Crippen LogP contribution in [0, 0.1) is 11.5 Å². The van der Waals surface area contributed by atoms with Crippen LogP contribution in [-0.2, 0) is 9.47 Å². The molecule has 0 aromatic rings. The molecule has 0 aromatic heterocycles. The maximum absolute atomic E-state index is 6.42. The molecule has 6 atom stereocenters. The van der Waals surface area contributed by atoms with Crippen molar-refractivity contribution in [3.63, 3.8) is 0 Å². The van der Waals surface area contributed by atoms with E-state index in [4.69, 9.17) is 9.47 Å². The van der Waals surface area contributed by atoms with Gasteiger partial charge in [-0.1, -0.05) is 70.4 Å². The van der Waals surface area contributed by atoms with E-state index in [0.29, 0.717) is 15.8 Å². The minimum Gasteiger partial charge on any atom is -0.371 e. The van der Waals surface area contributed by atoms with Crippen LogP contribution in [0.25, 0.3) is 0 Å². The first kappa shape index (κ1) is 19.7. The average molecular weight is 464 g/mol. The lowest BCUT2D eigenvalue weighted by Gasteiger charge is -2.47. The predicted octanol–water partition coefficient (Wildman–Crippen LogP) is 5.07. The van der Waals surface area contributed by atoms with Crippen molar-refractivity contribution in [3.05, 3.63) is 12.2 Å². The second-order valence-electron chi connectivity index (χ2n) is 7.50. The molecule has 3 saturated heterocycles. The number of allylic oxidation sites excluding steroid dienone is 1. The zero-order chi connectivity index (χ0) is 17.0. The summed E-state index contributed by atoms with van der Waals surface area (Å²) in [4.78, 5) is 0.799. The third-order valence-corrected chi connectivity index (χ3v) is 7.34. The molecule has 0 amide bonds. The van der Waals surface area contributed by atoms with Crippen molar-refractivity contribution in [2.75, 3.05) is 0 Å². The van der Waals surface area contributed by atoms with E-state index >= 15 is 0 Å². The zero-order valence-corrected chi connectivity index (χ0v) is 18.7. The third-order valence-electron chi connectivity index (χ3n) is 4.25. The third kappa shape index (κ3) is 6.00. The van der Waals surface area contributed by atoms with Gasteiger partial charge in [0.2, 0.25) is 0 Å². The van der Waals surface area contributed by atoms with E-state index in [-0.39, 0.29) is 18.3 Å². The normalized spacial score (nSPS) is 35.7. The van der Waals surface area contributed by atoms with Gasteiger partial charge in [-0.3, -0.25) is 0 Å². The van der Waals surface area contributed by atoms with E-state index in [9.17, 15) is 0 Å². The molecule has 130 valence electrons. The topological polar surface area (TPSA) is 18.5 Å². The fourth-order valence-electron chi connectivity index (χ4n) is 2.88. The van der Waals surface area contributed by atoms with Gasteiger partial charge in [0.25, 0.3) is 0 Å². The Bertz CT molecular complexity index is 472. The molecule has 0 unspecified atom stereocenters. The molecule has 3 fully saturated rings. The molecule has 0 N–H and O–H groups in total. The van der Waals surface area contributed by atoms with Crippen LogP contribution >= 0.6 is 31.9 Å². The van der Waals surface area contributed by atoms with Crippen LogP contribution < -0.4 is 0 Å². The van der Waals surface area contributed by atoms with Gasteiger partial charge in [-0.2, -0.15) is 0 Å². The van der Waals surface area contributed by atoms with E-state index in [1.165, 1.54) is 0 Å². The van der Waals surface area contributed by atoms with E-state index < -0.39 is 8.07 Å². The molecular weight excluding hydrogens is 436 g/mol. The molecule has 0 aliphatic carbocycles. The molecule has 23 heavy (non-hydrogen) atoms. The highest BCUT2D eigenvalue weighted by Gasteiger charge is 2.44. The second kappa shape index (κ2) is 8.67. The lowest BCUT2D eigenvalue weighted by molar-refractivity contribution is -0.213. The highest BCUT2D eigenvalue weighted by atomic mass is 79.9. The molecule has 5 heteroatoms. The molecule has 2 nitrogen and oxygen atoms in total. The Kier molecular flexibility index (Phi) is 7.43. The number of rotatable bonds is 4. The maximum Gasteiger partial charge on any atom is 0.129 e. The van der Waals surface area contributed by atoms with E-state index in [1.807, 2.05) is 6.08 Å². The van der Waals surface area contributed by atoms with E-state index in [1.54, 1.807) is 0 Å². The Morgan fingerprint density at radius 1 is 1.22 bits per heavy atom. The van der Waals surface area contributed by atoms with Crippen molar-refractivity contribution in [1.82, 2.24) is 0 Å². The number of hydrogen-bond donors (Lipinski definition) is 0. The summed E-state index contributed by atoms with van der Waals surface area (Å²) in [6, 6.07) is 0. The Morgan fingerprint density at radius 3 is 2.52 bits per heavy atom. The smallest absolute Gasteiger partial charge is 0.129 e. The molecule has 0 radical (unpaired) electrons. The maximum atomic E-state index is 6.42. The quantitative estimate of drug-likeness (QED) is 0.329. The van der Waals surface area contributed by atoms with Gasteiger partial charge in [-0.15, -0.1) is 5.54 Å². The minimum atomic E-state index is -1.29. The zero-order valence-electron chi connectivity index (χ0n) is 14.5. The van der Waals surface area contributed by atoms with Crippen LogP contribution in [0.1, 0.15) is 32.6 Å². The molecule has 3 rings (SSSR count). The summed E-state index contributed by atoms with van der Waals surface area (Å²) in [6.45, 7) is 8.98. The standard InChI is InChI=1S/C18H28Br2O2Si/c1-5-13(19)16-11-14(20)17-12-18(22-17)15(21-16)9-7-6-8-10-23(2,3)4/h6-7,13-18H,5,9,11-12H2,1-4H3/b7-6-/t13-,14+,15-,16+,17+,18-/m0/s1. The first-order valence-corrected chi connectivity index (χ1v) is 13.9. The number of hydrogen-bond acceptors (Lipinski definition) is 2. The van der Waals surface area contributed by atoms with Gasteiger partial charge < -0.3 is 9.47 Å². The van der Waals surface area contributed by atoms with Crippen LogP contribution in [0.3, 0.4) is 0 Å². The lowest BCUT2D eigenvalue weighted by atomic mass is 9.90. The van der Waals surface area contributed by atoms with Gasteiger partial charge in [0, 0.05) is 16.1 Å². The summed E-state index contributed by atoms with van der Waals surface area (Å²) < 4.78 is 12.4. The lowest BCUT2D eigenvalue weighted by Crippen LogP contribution is -2.55. The van der Waals surface area contributed by atoms with E-state index in [0.717, 1.165) is 25.7 Å². The van der Waals surface area contributed by atoms with Crippen LogP contribution in [-0.4, -0.2) is 42.1 Å². The molecule has 3 aliphatic rings. The summed E-state index contributed by atoms with van der Waals surface area (Å²) in [5.41, 5.74) is 3.36. The Morgan fingerprint density at radius 2 is 1.91 bits per heavy atom. The Labute approximate surface area is 159 Å². The summed E-state index contributed by atoms with van der Waals surface area (Å²) in [7, 11) is -1.29. The summed E-state index contributed by atoms with van der Waals surface area (Å²) in [6.07, 6.45) is 9.15. The van der Waals surface area contributed by atoms with Gasteiger partial charge in [0.1, 0.15) is 8.07 Å². The van der Waals surface area contributed by atoms with Gasteiger partial charge in [-0.05, 0) is 25.3 Å². The fraction of sp³-hybridized carbons (Fsp3) is 0.778. The van der Waals surface area contributed by atoms with Gasteiger partial charge in [0.15, 0.2) is 0 Å². The Hall–Kier alpha value is 0.397. The summed E-state index contributed by atoms with van der Waals surface area (Å²) in [5.74, 6) is 3.19. The highest BCUT2D eigenvalue weighted by Crippen LogP contribution is 2.39. The first-order valence-electron chi connectivity index (χ1n) is 8.57. The monoisotopic (exact) mass is 462 g/mol. The predicted molar refractivity (Wildman–Crippen MR) is 107 cm³/mol. The summed E-state index contributed by atoms with van der Waals surface area (Å²) in [5, 5.41) is 0. The first-order chi connectivity index (χ1) is 10.8. The number of fused-ring (bicyclic) bond motifs is 4. The van der Waals surface area contributed by atoms with Gasteiger partial charge in [-0.25, -0.2) is 0 Å². The van der Waals surface area contributed by atoms with Crippen molar-refractivity contribution in [1.29, 1.82) is 0 Å². The van der Waals surface area contributed by atoms with Crippen LogP contribution in [0.15, 0.2) is 12.2 Å². The highest BCUT2D eigenvalue weighted by molar-refractivity contribution is 9.09. The van der Waals surface area contributed by atoms with Gasteiger partial charge >= 0.3 is 0 Å². The molecule has 3 aliphatic heterocycles. The van der Waals surface area contributed by atoms with Crippen molar-refractivity contribution < 1.29 is 9.47 Å². The molecule has 3 heterocycles. The fourth-order valence-corrected chi connectivity index (χ4v) is 4.44. The molecule has 0 aromatic carbocycles. The SMILES string of the molecule is CC[C@H](Br)[C@H]1C[C@@H](Br)[C@H]2C[C@H](O2)[C@H](C/C=C\C#C[Si](C)(C)C)O1. The number of halogens is 2. The van der Waals surface area contributed by atoms with Crippen LogP contribution in [0.4, 0.5) is 0 Å². The van der Waals surface area contributed by atoms with Crippen molar-refractivity contribution in [2.45, 2.75) is 86.3 Å².